The minimum Gasteiger partial charge on any atom is -0.480 e. The fourth-order valence-electron chi connectivity index (χ4n) is 1.97. The highest BCUT2D eigenvalue weighted by atomic mass is 16.5. The summed E-state index contributed by atoms with van der Waals surface area (Å²) >= 11 is 0. The van der Waals surface area contributed by atoms with Crippen molar-refractivity contribution in [1.82, 2.24) is 10.2 Å². The second kappa shape index (κ2) is 5.56. The number of amides is 2. The molecule has 0 bridgehead atoms. The summed E-state index contributed by atoms with van der Waals surface area (Å²) in [6, 6.07) is -1.23. The second-order valence-corrected chi connectivity index (χ2v) is 5.68. The van der Waals surface area contributed by atoms with Crippen molar-refractivity contribution >= 4 is 12.0 Å². The Labute approximate surface area is 107 Å². The molecule has 0 radical (unpaired) electrons. The number of methoxy groups -OCH3 is 1. The summed E-state index contributed by atoms with van der Waals surface area (Å²) in [5, 5.41) is 11.7. The number of hydrogen-bond acceptors (Lipinski definition) is 3. The normalized spacial score (nSPS) is 21.8. The molecule has 18 heavy (non-hydrogen) atoms. The molecular formula is C12H22N2O4. The van der Waals surface area contributed by atoms with Gasteiger partial charge in [-0.2, -0.15) is 0 Å². The number of ether oxygens (including phenoxy) is 1. The average Bonchev–Trinajstić information content (AvgIpc) is 2.71. The number of likely N-dealkylation sites (tertiary alicyclic amines) is 1. The van der Waals surface area contributed by atoms with Crippen LogP contribution < -0.4 is 5.32 Å². The Morgan fingerprint density at radius 1 is 1.44 bits per heavy atom. The van der Waals surface area contributed by atoms with Crippen LogP contribution in [0.1, 0.15) is 27.2 Å². The summed E-state index contributed by atoms with van der Waals surface area (Å²) in [7, 11) is 1.61. The van der Waals surface area contributed by atoms with Crippen molar-refractivity contribution in [1.29, 1.82) is 0 Å². The summed E-state index contributed by atoms with van der Waals surface area (Å²) in [6.45, 7) is 6.47. The molecule has 6 nitrogen and oxygen atoms in total. The van der Waals surface area contributed by atoms with Gasteiger partial charge in [-0.25, -0.2) is 9.59 Å². The van der Waals surface area contributed by atoms with E-state index in [1.807, 2.05) is 0 Å². The predicted octanol–water partition coefficient (Wildman–Crippen LogP) is 0.916. The van der Waals surface area contributed by atoms with Gasteiger partial charge in [0.2, 0.25) is 0 Å². The monoisotopic (exact) mass is 258 g/mol. The van der Waals surface area contributed by atoms with Gasteiger partial charge in [-0.1, -0.05) is 20.8 Å². The van der Waals surface area contributed by atoms with E-state index in [4.69, 9.17) is 9.84 Å². The molecule has 1 fully saturated rings. The van der Waals surface area contributed by atoms with E-state index in [1.165, 1.54) is 0 Å². The van der Waals surface area contributed by atoms with Crippen molar-refractivity contribution < 1.29 is 19.4 Å². The Morgan fingerprint density at radius 2 is 2.06 bits per heavy atom. The van der Waals surface area contributed by atoms with Crippen molar-refractivity contribution in [3.63, 3.8) is 0 Å². The van der Waals surface area contributed by atoms with Gasteiger partial charge >= 0.3 is 12.0 Å². The molecule has 0 aromatic carbocycles. The Hall–Kier alpha value is -1.30. The van der Waals surface area contributed by atoms with Crippen LogP contribution in [0.5, 0.6) is 0 Å². The molecule has 0 aromatic heterocycles. The Balaban J connectivity index is 2.60. The van der Waals surface area contributed by atoms with Crippen molar-refractivity contribution in [2.24, 2.45) is 5.41 Å². The highest BCUT2D eigenvalue weighted by molar-refractivity contribution is 5.83. The number of carboxylic acid groups (broad SMARTS) is 1. The zero-order valence-corrected chi connectivity index (χ0v) is 11.4. The van der Waals surface area contributed by atoms with E-state index in [0.29, 0.717) is 13.1 Å². The lowest BCUT2D eigenvalue weighted by Gasteiger charge is -2.29. The van der Waals surface area contributed by atoms with E-state index in [1.54, 1.807) is 32.8 Å². The minimum atomic E-state index is -1.02. The van der Waals surface area contributed by atoms with E-state index in [0.717, 1.165) is 6.42 Å². The fourth-order valence-corrected chi connectivity index (χ4v) is 1.97. The van der Waals surface area contributed by atoms with E-state index in [2.05, 4.69) is 5.32 Å². The lowest BCUT2D eigenvalue weighted by atomic mass is 9.87. The third-order valence-corrected chi connectivity index (χ3v) is 3.15. The molecule has 2 N–H and O–H groups in total. The first-order valence-electron chi connectivity index (χ1n) is 6.06. The summed E-state index contributed by atoms with van der Waals surface area (Å²) in [4.78, 5) is 24.7. The lowest BCUT2D eigenvalue weighted by Crippen LogP contribution is -2.53. The maximum Gasteiger partial charge on any atom is 0.326 e. The van der Waals surface area contributed by atoms with Gasteiger partial charge in [0.1, 0.15) is 6.04 Å². The van der Waals surface area contributed by atoms with E-state index >= 15 is 0 Å². The SMILES string of the molecule is COC1CCN(C(=O)NC(C(=O)O)C(C)(C)C)C1. The molecule has 0 aliphatic carbocycles. The van der Waals surface area contributed by atoms with Gasteiger partial charge in [-0.3, -0.25) is 0 Å². The van der Waals surface area contributed by atoms with Gasteiger partial charge in [0.05, 0.1) is 6.10 Å². The Morgan fingerprint density at radius 3 is 2.44 bits per heavy atom. The summed E-state index contributed by atoms with van der Waals surface area (Å²) in [6.07, 6.45) is 0.839. The molecule has 0 spiro atoms. The summed E-state index contributed by atoms with van der Waals surface area (Å²) < 4.78 is 5.17. The van der Waals surface area contributed by atoms with Crippen molar-refractivity contribution in [3.8, 4) is 0 Å². The largest absolute Gasteiger partial charge is 0.480 e. The van der Waals surface area contributed by atoms with Crippen LogP contribution in [0, 0.1) is 5.41 Å². The molecule has 2 atom stereocenters. The van der Waals surface area contributed by atoms with Crippen LogP contribution in [0.3, 0.4) is 0 Å². The zero-order valence-electron chi connectivity index (χ0n) is 11.4. The second-order valence-electron chi connectivity index (χ2n) is 5.68. The number of carbonyl (C=O) groups excluding carboxylic acids is 1. The van der Waals surface area contributed by atoms with Crippen LogP contribution >= 0.6 is 0 Å². The number of hydrogen-bond donors (Lipinski definition) is 2. The molecule has 104 valence electrons. The van der Waals surface area contributed by atoms with Gasteiger partial charge in [0.25, 0.3) is 0 Å². The first kappa shape index (κ1) is 14.8. The van der Waals surface area contributed by atoms with Gasteiger partial charge < -0.3 is 20.1 Å². The molecule has 1 rings (SSSR count). The van der Waals surface area contributed by atoms with Crippen LogP contribution in [0.4, 0.5) is 4.79 Å². The topological polar surface area (TPSA) is 78.9 Å². The van der Waals surface area contributed by atoms with Crippen molar-refractivity contribution in [3.05, 3.63) is 0 Å². The molecule has 2 unspecified atom stereocenters. The maximum absolute atomic E-state index is 12.0. The van der Waals surface area contributed by atoms with Crippen LogP contribution in [0.2, 0.25) is 0 Å². The number of rotatable bonds is 3. The molecule has 1 saturated heterocycles. The number of urea groups is 1. The Kier molecular flexibility index (Phi) is 4.56. The lowest BCUT2D eigenvalue weighted by molar-refractivity contribution is -0.142. The highest BCUT2D eigenvalue weighted by Gasteiger charge is 2.35. The minimum absolute atomic E-state index is 0.0497. The molecule has 6 heteroatoms. The van der Waals surface area contributed by atoms with Crippen LogP contribution in [-0.2, 0) is 9.53 Å². The molecule has 1 aliphatic rings. The first-order valence-corrected chi connectivity index (χ1v) is 6.06. The Bertz CT molecular complexity index is 325. The fraction of sp³-hybridized carbons (Fsp3) is 0.833. The number of carbonyl (C=O) groups is 2. The van der Waals surface area contributed by atoms with E-state index in [-0.39, 0.29) is 12.1 Å². The highest BCUT2D eigenvalue weighted by Crippen LogP contribution is 2.20. The van der Waals surface area contributed by atoms with Gasteiger partial charge in [0, 0.05) is 20.2 Å². The molecular weight excluding hydrogens is 236 g/mol. The third-order valence-electron chi connectivity index (χ3n) is 3.15. The first-order chi connectivity index (χ1) is 8.25. The van der Waals surface area contributed by atoms with Crippen molar-refractivity contribution in [2.45, 2.75) is 39.3 Å². The maximum atomic E-state index is 12.0. The standard InChI is InChI=1S/C12H22N2O4/c1-12(2,3)9(10(15)16)13-11(17)14-6-5-8(7-14)18-4/h8-9H,5-7H2,1-4H3,(H,13,17)(H,15,16). The van der Waals surface area contributed by atoms with E-state index < -0.39 is 17.4 Å². The van der Waals surface area contributed by atoms with Gasteiger partial charge in [-0.15, -0.1) is 0 Å². The van der Waals surface area contributed by atoms with Crippen LogP contribution in [-0.4, -0.2) is 54.4 Å². The molecule has 2 amide bonds. The zero-order chi connectivity index (χ0) is 13.9. The summed E-state index contributed by atoms with van der Waals surface area (Å²) in [5.41, 5.74) is -0.526. The van der Waals surface area contributed by atoms with Crippen LogP contribution in [0.15, 0.2) is 0 Å². The number of nitrogens with zero attached hydrogens (tertiary/aromatic N) is 1. The number of aliphatic carboxylic acids is 1. The van der Waals surface area contributed by atoms with E-state index in [9.17, 15) is 9.59 Å². The third kappa shape index (κ3) is 3.60. The number of carboxylic acids is 1. The average molecular weight is 258 g/mol. The quantitative estimate of drug-likeness (QED) is 0.789. The smallest absolute Gasteiger partial charge is 0.326 e. The molecule has 1 aliphatic heterocycles. The summed E-state index contributed by atoms with van der Waals surface area (Å²) in [5.74, 6) is -1.02. The van der Waals surface area contributed by atoms with Crippen molar-refractivity contribution in [2.75, 3.05) is 20.2 Å². The predicted molar refractivity (Wildman–Crippen MR) is 66.4 cm³/mol. The molecule has 0 aromatic rings. The molecule has 0 saturated carbocycles. The molecule has 1 heterocycles. The van der Waals surface area contributed by atoms with Crippen LogP contribution in [0.25, 0.3) is 0 Å². The van der Waals surface area contributed by atoms with Gasteiger partial charge in [-0.05, 0) is 11.8 Å². The van der Waals surface area contributed by atoms with Gasteiger partial charge in [0.15, 0.2) is 0 Å². The number of nitrogens with one attached hydrogen (secondary N) is 1.